The molecule has 11 nitrogen and oxygen atoms in total. The molecule has 2 saturated heterocycles. The third-order valence-electron chi connectivity index (χ3n) is 9.32. The molecule has 2 aromatic carbocycles. The van der Waals surface area contributed by atoms with Crippen molar-refractivity contribution in [2.45, 2.75) is 71.4 Å². The number of piperazine rings is 1. The summed E-state index contributed by atoms with van der Waals surface area (Å²) in [6.07, 6.45) is 2.46. The summed E-state index contributed by atoms with van der Waals surface area (Å²) in [5.74, 6) is 0.901. The fourth-order valence-corrected chi connectivity index (χ4v) is 6.64. The van der Waals surface area contributed by atoms with Crippen LogP contribution in [0.4, 0.5) is 16.2 Å². The van der Waals surface area contributed by atoms with E-state index in [1.165, 1.54) is 7.11 Å². The molecule has 0 unspecified atom stereocenters. The van der Waals surface area contributed by atoms with Crippen molar-refractivity contribution < 1.29 is 23.9 Å². The molecule has 1 atom stereocenters. The molecule has 47 heavy (non-hydrogen) atoms. The number of aryl methyl sites for hydroxylation is 1. The molecule has 0 aliphatic carbocycles. The van der Waals surface area contributed by atoms with Crippen LogP contribution >= 0.6 is 0 Å². The lowest BCUT2D eigenvalue weighted by Crippen LogP contribution is -2.52. The maximum atomic E-state index is 13.3. The molecule has 11 heteroatoms. The second-order valence-electron chi connectivity index (χ2n) is 13.8. The standard InChI is InChI=1S/C36H50N6O5/c1-8-11-30(43)37-27-21-26(36(2,3)4)22-28(33(27)46-7)38-35(45)47-31-20-24-12-9-13-25(32(24)40(31)6)23-41-16-18-42(19-17-41)34(44)29-14-10-15-39(29)5/h9,12-13,20-22,29H,8,10-11,14-19,23H2,1-7H3,(H,37,43)(H,38,45)/t29-/m0/s1. The van der Waals surface area contributed by atoms with Crippen molar-refractivity contribution in [2.75, 3.05) is 57.5 Å². The Bertz CT molecular complexity index is 1620. The van der Waals surface area contributed by atoms with Gasteiger partial charge in [0.2, 0.25) is 17.7 Å². The number of nitrogens with one attached hydrogen (secondary N) is 2. The third kappa shape index (κ3) is 7.73. The summed E-state index contributed by atoms with van der Waals surface area (Å²) < 4.78 is 13.4. The summed E-state index contributed by atoms with van der Waals surface area (Å²) in [4.78, 5) is 45.5. The first-order valence-corrected chi connectivity index (χ1v) is 16.7. The number of likely N-dealkylation sites (tertiary alicyclic amines) is 1. The zero-order valence-electron chi connectivity index (χ0n) is 28.9. The van der Waals surface area contributed by atoms with Crippen molar-refractivity contribution in [3.63, 3.8) is 0 Å². The molecule has 2 aliphatic rings. The van der Waals surface area contributed by atoms with Crippen LogP contribution in [0.15, 0.2) is 36.4 Å². The van der Waals surface area contributed by atoms with E-state index in [0.717, 1.165) is 74.1 Å². The number of rotatable bonds is 9. The second-order valence-corrected chi connectivity index (χ2v) is 13.8. The highest BCUT2D eigenvalue weighted by molar-refractivity contribution is 5.97. The zero-order valence-corrected chi connectivity index (χ0v) is 28.9. The molecule has 254 valence electrons. The molecule has 1 aromatic heterocycles. The first-order valence-electron chi connectivity index (χ1n) is 16.7. The highest BCUT2D eigenvalue weighted by Gasteiger charge is 2.33. The molecule has 0 bridgehead atoms. The van der Waals surface area contributed by atoms with Crippen LogP contribution in [0.3, 0.4) is 0 Å². The predicted octanol–water partition coefficient (Wildman–Crippen LogP) is 5.57. The Morgan fingerprint density at radius 1 is 0.957 bits per heavy atom. The number of aromatic nitrogens is 1. The number of hydrogen-bond donors (Lipinski definition) is 2. The van der Waals surface area contributed by atoms with Crippen LogP contribution in [0.2, 0.25) is 0 Å². The van der Waals surface area contributed by atoms with Gasteiger partial charge < -0.3 is 24.3 Å². The minimum atomic E-state index is -0.665. The minimum Gasteiger partial charge on any atom is -0.492 e. The van der Waals surface area contributed by atoms with Gasteiger partial charge in [-0.15, -0.1) is 0 Å². The van der Waals surface area contributed by atoms with Crippen molar-refractivity contribution in [1.82, 2.24) is 19.3 Å². The number of nitrogens with zero attached hydrogens (tertiary/aromatic N) is 4. The Labute approximate surface area is 278 Å². The van der Waals surface area contributed by atoms with Crippen molar-refractivity contribution in [2.24, 2.45) is 7.05 Å². The van der Waals surface area contributed by atoms with Crippen molar-refractivity contribution in [1.29, 1.82) is 0 Å². The van der Waals surface area contributed by atoms with E-state index in [0.29, 0.717) is 35.8 Å². The minimum absolute atomic E-state index is 0.0199. The van der Waals surface area contributed by atoms with Crippen molar-refractivity contribution in [3.8, 4) is 11.6 Å². The van der Waals surface area contributed by atoms with Crippen LogP contribution < -0.4 is 20.1 Å². The Morgan fingerprint density at radius 2 is 1.66 bits per heavy atom. The topological polar surface area (TPSA) is 108 Å². The molecule has 2 aliphatic heterocycles. The lowest BCUT2D eigenvalue weighted by atomic mass is 9.86. The SMILES string of the molecule is CCCC(=O)Nc1cc(C(C)(C)C)cc(NC(=O)Oc2cc3cccc(CN4CCN(C(=O)[C@@H]5CCCN5C)CC4)c3n2C)c1OC. The van der Waals surface area contributed by atoms with Crippen LogP contribution in [0, 0.1) is 0 Å². The first kappa shape index (κ1) is 34.3. The predicted molar refractivity (Wildman–Crippen MR) is 185 cm³/mol. The Hall–Kier alpha value is -4.09. The number of carbonyl (C=O) groups is 3. The van der Waals surface area contributed by atoms with Gasteiger partial charge in [0, 0.05) is 57.6 Å². The molecule has 0 spiro atoms. The Morgan fingerprint density at radius 3 is 2.28 bits per heavy atom. The number of likely N-dealkylation sites (N-methyl/N-ethyl adjacent to an activating group) is 1. The quantitative estimate of drug-likeness (QED) is 0.313. The molecule has 0 saturated carbocycles. The fraction of sp³-hybridized carbons (Fsp3) is 0.528. The lowest BCUT2D eigenvalue weighted by molar-refractivity contribution is -0.137. The van der Waals surface area contributed by atoms with Crippen LogP contribution in [0.25, 0.3) is 10.9 Å². The van der Waals surface area contributed by atoms with Crippen LogP contribution in [0.5, 0.6) is 11.6 Å². The van der Waals surface area contributed by atoms with Crippen LogP contribution in [-0.4, -0.2) is 90.1 Å². The van der Waals surface area contributed by atoms with Gasteiger partial charge >= 0.3 is 6.09 Å². The zero-order chi connectivity index (χ0) is 33.9. The van der Waals surface area contributed by atoms with E-state index in [-0.39, 0.29) is 23.3 Å². The van der Waals surface area contributed by atoms with Gasteiger partial charge in [0.1, 0.15) is 0 Å². The summed E-state index contributed by atoms with van der Waals surface area (Å²) in [7, 11) is 5.45. The normalized spacial score (nSPS) is 17.6. The summed E-state index contributed by atoms with van der Waals surface area (Å²) in [5.41, 5.74) is 3.70. The van der Waals surface area contributed by atoms with Gasteiger partial charge in [0.05, 0.1) is 30.0 Å². The van der Waals surface area contributed by atoms with Gasteiger partial charge in [0.25, 0.3) is 0 Å². The first-order chi connectivity index (χ1) is 22.4. The number of anilines is 2. The van der Waals surface area contributed by atoms with E-state index < -0.39 is 6.09 Å². The molecular formula is C36H50N6O5. The fourth-order valence-electron chi connectivity index (χ4n) is 6.64. The lowest BCUT2D eigenvalue weighted by Gasteiger charge is -2.37. The number of ether oxygens (including phenoxy) is 2. The van der Waals surface area contributed by atoms with E-state index in [2.05, 4.69) is 47.3 Å². The molecule has 2 N–H and O–H groups in total. The monoisotopic (exact) mass is 646 g/mol. The highest BCUT2D eigenvalue weighted by Crippen LogP contribution is 2.39. The van der Waals surface area contributed by atoms with Gasteiger partial charge in [0.15, 0.2) is 5.75 Å². The summed E-state index contributed by atoms with van der Waals surface area (Å²) in [6, 6.07) is 11.8. The number of methoxy groups -OCH3 is 1. The van der Waals surface area contributed by atoms with E-state index in [9.17, 15) is 14.4 Å². The third-order valence-corrected chi connectivity index (χ3v) is 9.32. The number of para-hydroxylation sites is 1. The average Bonchev–Trinajstić information content (AvgIpc) is 3.59. The number of benzene rings is 2. The van der Waals surface area contributed by atoms with E-state index in [1.54, 1.807) is 0 Å². The number of fused-ring (bicyclic) bond motifs is 1. The van der Waals surface area contributed by atoms with Gasteiger partial charge in [-0.05, 0) is 61.5 Å². The number of carbonyl (C=O) groups excluding carboxylic acids is 3. The maximum Gasteiger partial charge on any atom is 0.418 e. The highest BCUT2D eigenvalue weighted by atomic mass is 16.6. The number of amides is 3. The van der Waals surface area contributed by atoms with Gasteiger partial charge in [-0.3, -0.25) is 24.7 Å². The van der Waals surface area contributed by atoms with Crippen molar-refractivity contribution in [3.05, 3.63) is 47.5 Å². The largest absolute Gasteiger partial charge is 0.492 e. The van der Waals surface area contributed by atoms with E-state index >= 15 is 0 Å². The molecule has 3 heterocycles. The average molecular weight is 647 g/mol. The van der Waals surface area contributed by atoms with Crippen molar-refractivity contribution >= 4 is 40.2 Å². The van der Waals surface area contributed by atoms with Crippen LogP contribution in [0.1, 0.15) is 64.5 Å². The molecule has 3 aromatic rings. The van der Waals surface area contributed by atoms with E-state index in [4.69, 9.17) is 9.47 Å². The molecule has 3 amide bonds. The molecule has 5 rings (SSSR count). The van der Waals surface area contributed by atoms with E-state index in [1.807, 2.05) is 60.8 Å². The van der Waals surface area contributed by atoms with Gasteiger partial charge in [-0.25, -0.2) is 4.79 Å². The Kier molecular flexibility index (Phi) is 10.5. The second kappa shape index (κ2) is 14.4. The van der Waals surface area contributed by atoms with Crippen LogP contribution in [-0.2, 0) is 28.6 Å². The summed E-state index contributed by atoms with van der Waals surface area (Å²) in [6.45, 7) is 12.9. The smallest absolute Gasteiger partial charge is 0.418 e. The van der Waals surface area contributed by atoms with Gasteiger partial charge in [-0.2, -0.15) is 0 Å². The molecule has 0 radical (unpaired) electrons. The maximum absolute atomic E-state index is 13.3. The summed E-state index contributed by atoms with van der Waals surface area (Å²) in [5, 5.41) is 6.77. The Balaban J connectivity index is 1.30. The molecule has 2 fully saturated rings. The summed E-state index contributed by atoms with van der Waals surface area (Å²) >= 11 is 0. The van der Waals surface area contributed by atoms with Gasteiger partial charge in [-0.1, -0.05) is 45.9 Å². The number of hydrogen-bond acceptors (Lipinski definition) is 7. The molecular weight excluding hydrogens is 596 g/mol.